The lowest BCUT2D eigenvalue weighted by molar-refractivity contribution is -0.134. The molecular formula is C21H28ClN3O2S. The zero-order chi connectivity index (χ0) is 20.4. The molecule has 0 bridgehead atoms. The Morgan fingerprint density at radius 1 is 1.29 bits per heavy atom. The van der Waals surface area contributed by atoms with E-state index in [0.29, 0.717) is 27.6 Å². The molecule has 0 aliphatic carbocycles. The zero-order valence-corrected chi connectivity index (χ0v) is 18.5. The second-order valence-corrected chi connectivity index (χ2v) is 9.46. The van der Waals surface area contributed by atoms with Gasteiger partial charge in [-0.3, -0.25) is 14.2 Å². The summed E-state index contributed by atoms with van der Waals surface area (Å²) >= 11 is 7.43. The highest BCUT2D eigenvalue weighted by molar-refractivity contribution is 7.99. The maximum atomic E-state index is 13.0. The van der Waals surface area contributed by atoms with E-state index in [2.05, 4.69) is 32.7 Å². The quantitative estimate of drug-likeness (QED) is 0.523. The molecule has 3 rings (SSSR count). The maximum Gasteiger partial charge on any atom is 0.262 e. The van der Waals surface area contributed by atoms with E-state index in [1.54, 1.807) is 22.8 Å². The summed E-state index contributed by atoms with van der Waals surface area (Å²) in [6, 6.07) is 5.70. The van der Waals surface area contributed by atoms with Crippen molar-refractivity contribution in [3.63, 3.8) is 0 Å². The number of nitrogens with zero attached hydrogens (tertiary/aromatic N) is 3. The molecule has 1 aliphatic rings. The number of benzene rings is 1. The van der Waals surface area contributed by atoms with E-state index in [1.807, 2.05) is 4.90 Å². The van der Waals surface area contributed by atoms with Crippen LogP contribution in [0.2, 0.25) is 5.02 Å². The lowest BCUT2D eigenvalue weighted by Crippen LogP contribution is -2.48. The number of piperidine rings is 1. The number of amides is 1. The molecule has 0 saturated carbocycles. The number of thioether (sulfide) groups is 1. The fraction of sp³-hybridized carbons (Fsp3) is 0.571. The molecule has 0 spiro atoms. The molecule has 7 heteroatoms. The Balaban J connectivity index is 1.90. The first-order valence-corrected chi connectivity index (χ1v) is 11.3. The molecule has 2 atom stereocenters. The van der Waals surface area contributed by atoms with Gasteiger partial charge >= 0.3 is 0 Å². The minimum absolute atomic E-state index is 0.101. The van der Waals surface area contributed by atoms with Gasteiger partial charge in [0, 0.05) is 23.7 Å². The summed E-state index contributed by atoms with van der Waals surface area (Å²) in [5.74, 6) is 0.692. The van der Waals surface area contributed by atoms with Gasteiger partial charge in [0.15, 0.2) is 5.16 Å². The van der Waals surface area contributed by atoms with Gasteiger partial charge in [0.25, 0.3) is 5.56 Å². The van der Waals surface area contributed by atoms with Crippen LogP contribution in [0, 0.1) is 5.92 Å². The van der Waals surface area contributed by atoms with Crippen LogP contribution in [0.1, 0.15) is 47.0 Å². The second-order valence-electron chi connectivity index (χ2n) is 8.08. The van der Waals surface area contributed by atoms with Crippen LogP contribution in [0.25, 0.3) is 10.9 Å². The summed E-state index contributed by atoms with van der Waals surface area (Å²) in [5.41, 5.74) is 0.514. The van der Waals surface area contributed by atoms with Gasteiger partial charge < -0.3 is 4.90 Å². The molecule has 1 aliphatic heterocycles. The topological polar surface area (TPSA) is 55.2 Å². The van der Waals surface area contributed by atoms with Gasteiger partial charge in [-0.15, -0.1) is 0 Å². The van der Waals surface area contributed by atoms with Crippen LogP contribution in [-0.4, -0.2) is 38.2 Å². The summed E-state index contributed by atoms with van der Waals surface area (Å²) < 4.78 is 1.68. The third-order valence-corrected chi connectivity index (χ3v) is 6.43. The average Bonchev–Trinajstić information content (AvgIpc) is 2.63. The summed E-state index contributed by atoms with van der Waals surface area (Å²) in [6.07, 6.45) is 3.27. The van der Waals surface area contributed by atoms with Gasteiger partial charge in [-0.05, 0) is 57.2 Å². The van der Waals surface area contributed by atoms with E-state index < -0.39 is 0 Å². The monoisotopic (exact) mass is 421 g/mol. The molecule has 1 fully saturated rings. The van der Waals surface area contributed by atoms with Gasteiger partial charge in [0.2, 0.25) is 5.91 Å². The fourth-order valence-electron chi connectivity index (χ4n) is 3.92. The zero-order valence-electron chi connectivity index (χ0n) is 16.9. The highest BCUT2D eigenvalue weighted by Crippen LogP contribution is 2.26. The third-order valence-electron chi connectivity index (χ3n) is 5.24. The van der Waals surface area contributed by atoms with Crippen molar-refractivity contribution in [2.75, 3.05) is 5.75 Å². The summed E-state index contributed by atoms with van der Waals surface area (Å²) in [5, 5.41) is 1.63. The molecule has 0 radical (unpaired) electrons. The van der Waals surface area contributed by atoms with Crippen molar-refractivity contribution in [2.24, 2.45) is 5.92 Å². The molecule has 1 saturated heterocycles. The Labute approximate surface area is 175 Å². The summed E-state index contributed by atoms with van der Waals surface area (Å²) in [6.45, 7) is 8.91. The first kappa shape index (κ1) is 21.2. The number of hydrogen-bond donors (Lipinski definition) is 0. The summed E-state index contributed by atoms with van der Waals surface area (Å²) in [4.78, 5) is 32.6. The van der Waals surface area contributed by atoms with E-state index in [1.165, 1.54) is 18.2 Å². The van der Waals surface area contributed by atoms with Crippen molar-refractivity contribution >= 4 is 40.2 Å². The SMILES string of the molecule is CC(C)Cn1c(SCC(=O)N2[C@H](C)CCC[C@H]2C)nc2ccc(Cl)cc2c1=O. The van der Waals surface area contributed by atoms with Crippen LogP contribution < -0.4 is 5.56 Å². The molecule has 1 aromatic heterocycles. The Bertz CT molecular complexity index is 918. The highest BCUT2D eigenvalue weighted by atomic mass is 35.5. The lowest BCUT2D eigenvalue weighted by Gasteiger charge is -2.39. The fourth-order valence-corrected chi connectivity index (χ4v) is 4.97. The Morgan fingerprint density at radius 3 is 2.61 bits per heavy atom. The Hall–Kier alpha value is -1.53. The smallest absolute Gasteiger partial charge is 0.262 e. The van der Waals surface area contributed by atoms with Gasteiger partial charge in [-0.1, -0.05) is 37.2 Å². The van der Waals surface area contributed by atoms with Gasteiger partial charge in [-0.2, -0.15) is 0 Å². The van der Waals surface area contributed by atoms with Crippen molar-refractivity contribution in [3.8, 4) is 0 Å². The number of hydrogen-bond acceptors (Lipinski definition) is 4. The standard InChI is InChI=1S/C21H28ClN3O2S/c1-13(2)11-24-20(27)17-10-16(22)8-9-18(17)23-21(24)28-12-19(26)25-14(3)6-5-7-15(25)4/h8-10,13-15H,5-7,11-12H2,1-4H3/t14-,15-/m1/s1. The van der Waals surface area contributed by atoms with E-state index in [-0.39, 0.29) is 35.2 Å². The van der Waals surface area contributed by atoms with Crippen LogP contribution >= 0.6 is 23.4 Å². The number of aromatic nitrogens is 2. The number of fused-ring (bicyclic) bond motifs is 1. The number of halogens is 1. The van der Waals surface area contributed by atoms with Crippen LogP contribution in [0.15, 0.2) is 28.2 Å². The maximum absolute atomic E-state index is 13.0. The van der Waals surface area contributed by atoms with Gasteiger partial charge in [0.05, 0.1) is 16.7 Å². The number of rotatable bonds is 5. The van der Waals surface area contributed by atoms with Gasteiger partial charge in [-0.25, -0.2) is 4.98 Å². The van der Waals surface area contributed by atoms with Crippen LogP contribution in [-0.2, 0) is 11.3 Å². The van der Waals surface area contributed by atoms with E-state index >= 15 is 0 Å². The van der Waals surface area contributed by atoms with Crippen molar-refractivity contribution < 1.29 is 4.79 Å². The van der Waals surface area contributed by atoms with E-state index in [0.717, 1.165) is 12.8 Å². The lowest BCUT2D eigenvalue weighted by atomic mass is 9.98. The molecule has 152 valence electrons. The van der Waals surface area contributed by atoms with Crippen molar-refractivity contribution in [3.05, 3.63) is 33.6 Å². The van der Waals surface area contributed by atoms with Crippen molar-refractivity contribution in [1.82, 2.24) is 14.5 Å². The Morgan fingerprint density at radius 2 is 1.96 bits per heavy atom. The molecular weight excluding hydrogens is 394 g/mol. The molecule has 2 heterocycles. The minimum atomic E-state index is -0.101. The average molecular weight is 422 g/mol. The minimum Gasteiger partial charge on any atom is -0.337 e. The normalized spacial score (nSPS) is 20.1. The third kappa shape index (κ3) is 4.54. The predicted octanol–water partition coefficient (Wildman–Crippen LogP) is 4.59. The summed E-state index contributed by atoms with van der Waals surface area (Å²) in [7, 11) is 0. The molecule has 0 N–H and O–H groups in total. The first-order chi connectivity index (χ1) is 13.3. The first-order valence-electron chi connectivity index (χ1n) is 9.92. The Kier molecular flexibility index (Phi) is 6.71. The van der Waals surface area contributed by atoms with Crippen LogP contribution in [0.3, 0.4) is 0 Å². The molecule has 1 amide bonds. The highest BCUT2D eigenvalue weighted by Gasteiger charge is 2.29. The van der Waals surface area contributed by atoms with E-state index in [4.69, 9.17) is 11.6 Å². The van der Waals surface area contributed by atoms with Crippen LogP contribution in [0.5, 0.6) is 0 Å². The largest absolute Gasteiger partial charge is 0.337 e. The van der Waals surface area contributed by atoms with E-state index in [9.17, 15) is 9.59 Å². The molecule has 1 aromatic carbocycles. The molecule has 5 nitrogen and oxygen atoms in total. The number of likely N-dealkylation sites (tertiary alicyclic amines) is 1. The van der Waals surface area contributed by atoms with Gasteiger partial charge in [0.1, 0.15) is 0 Å². The number of carbonyl (C=O) groups is 1. The molecule has 2 aromatic rings. The van der Waals surface area contributed by atoms with Crippen LogP contribution in [0.4, 0.5) is 0 Å². The second kappa shape index (κ2) is 8.87. The predicted molar refractivity (Wildman–Crippen MR) is 116 cm³/mol. The number of carbonyl (C=O) groups excluding carboxylic acids is 1. The van der Waals surface area contributed by atoms with Crippen molar-refractivity contribution in [1.29, 1.82) is 0 Å². The van der Waals surface area contributed by atoms with Crippen molar-refractivity contribution in [2.45, 2.75) is 70.7 Å². The molecule has 28 heavy (non-hydrogen) atoms. The molecule has 0 unspecified atom stereocenters.